The van der Waals surface area contributed by atoms with Crippen LogP contribution in [-0.4, -0.2) is 16.1 Å². The lowest BCUT2D eigenvalue weighted by molar-refractivity contribution is 0.112. The minimum Gasteiger partial charge on any atom is -0.298 e. The van der Waals surface area contributed by atoms with Crippen LogP contribution in [0.3, 0.4) is 0 Å². The molecule has 0 saturated heterocycles. The highest BCUT2D eigenvalue weighted by molar-refractivity contribution is 5.73. The Kier molecular flexibility index (Phi) is 1.72. The van der Waals surface area contributed by atoms with E-state index >= 15 is 0 Å². The second-order valence-electron chi connectivity index (χ2n) is 4.61. The van der Waals surface area contributed by atoms with Crippen molar-refractivity contribution in [3.8, 4) is 0 Å². The molecule has 0 aliphatic heterocycles. The number of aldehydes is 1. The highest BCUT2D eigenvalue weighted by Gasteiger charge is 2.40. The van der Waals surface area contributed by atoms with E-state index in [-0.39, 0.29) is 0 Å². The first-order chi connectivity index (χ1) is 6.86. The third kappa shape index (κ3) is 1.11. The van der Waals surface area contributed by atoms with E-state index < -0.39 is 0 Å². The molecule has 3 rings (SSSR count). The van der Waals surface area contributed by atoms with Crippen molar-refractivity contribution >= 4 is 6.29 Å². The zero-order valence-electron chi connectivity index (χ0n) is 8.10. The van der Waals surface area contributed by atoms with Crippen LogP contribution in [0.1, 0.15) is 42.1 Å². The monoisotopic (exact) mass is 190 g/mol. The molecule has 0 amide bonds. The van der Waals surface area contributed by atoms with Gasteiger partial charge in [-0.3, -0.25) is 9.48 Å². The number of aromatic nitrogens is 2. The van der Waals surface area contributed by atoms with Crippen LogP contribution >= 0.6 is 0 Å². The van der Waals surface area contributed by atoms with Gasteiger partial charge in [-0.05, 0) is 31.1 Å². The average molecular weight is 190 g/mol. The van der Waals surface area contributed by atoms with Gasteiger partial charge in [0.25, 0.3) is 0 Å². The SMILES string of the molecule is O=Cc1cnn(C2CC3CCC2C3)c1. The van der Waals surface area contributed by atoms with Crippen molar-refractivity contribution in [1.82, 2.24) is 9.78 Å². The molecule has 3 unspecified atom stereocenters. The highest BCUT2D eigenvalue weighted by atomic mass is 16.1. The Hall–Kier alpha value is -1.12. The van der Waals surface area contributed by atoms with Crippen LogP contribution in [0.15, 0.2) is 12.4 Å². The fourth-order valence-corrected chi connectivity index (χ4v) is 3.13. The number of carbonyl (C=O) groups is 1. The smallest absolute Gasteiger partial charge is 0.153 e. The number of nitrogens with zero attached hydrogens (tertiary/aromatic N) is 2. The van der Waals surface area contributed by atoms with Crippen molar-refractivity contribution in [2.24, 2.45) is 11.8 Å². The van der Waals surface area contributed by atoms with E-state index in [2.05, 4.69) is 5.10 Å². The number of rotatable bonds is 2. The molecule has 1 heterocycles. The van der Waals surface area contributed by atoms with Crippen molar-refractivity contribution in [3.05, 3.63) is 18.0 Å². The van der Waals surface area contributed by atoms with Crippen molar-refractivity contribution in [1.29, 1.82) is 0 Å². The molecule has 2 aliphatic rings. The van der Waals surface area contributed by atoms with Gasteiger partial charge in [0.15, 0.2) is 6.29 Å². The molecule has 3 atom stereocenters. The van der Waals surface area contributed by atoms with Gasteiger partial charge in [0.05, 0.1) is 17.8 Å². The fourth-order valence-electron chi connectivity index (χ4n) is 3.13. The lowest BCUT2D eigenvalue weighted by atomic mass is 9.96. The molecule has 2 bridgehead atoms. The van der Waals surface area contributed by atoms with Gasteiger partial charge in [0.2, 0.25) is 0 Å². The van der Waals surface area contributed by atoms with Gasteiger partial charge < -0.3 is 0 Å². The van der Waals surface area contributed by atoms with Crippen molar-refractivity contribution in [3.63, 3.8) is 0 Å². The Bertz CT molecular complexity index is 358. The molecule has 3 heteroatoms. The largest absolute Gasteiger partial charge is 0.298 e. The predicted molar refractivity (Wildman–Crippen MR) is 52.1 cm³/mol. The Morgan fingerprint density at radius 2 is 2.36 bits per heavy atom. The summed E-state index contributed by atoms with van der Waals surface area (Å²) >= 11 is 0. The first-order valence-corrected chi connectivity index (χ1v) is 5.36. The standard InChI is InChI=1S/C11H14N2O/c14-7-9-5-12-13(6-9)11-4-8-1-2-10(11)3-8/h5-8,10-11H,1-4H2. The minimum absolute atomic E-state index is 0.572. The van der Waals surface area contributed by atoms with Crippen molar-refractivity contribution < 1.29 is 4.79 Å². The van der Waals surface area contributed by atoms with Gasteiger partial charge in [-0.15, -0.1) is 0 Å². The molecule has 2 fully saturated rings. The molecule has 1 aromatic heterocycles. The maximum absolute atomic E-state index is 10.5. The number of fused-ring (bicyclic) bond motifs is 2. The van der Waals surface area contributed by atoms with Crippen LogP contribution in [0.4, 0.5) is 0 Å². The molecule has 0 radical (unpaired) electrons. The summed E-state index contributed by atoms with van der Waals surface area (Å²) in [5.74, 6) is 1.74. The van der Waals surface area contributed by atoms with Crippen LogP contribution in [-0.2, 0) is 0 Å². The maximum Gasteiger partial charge on any atom is 0.153 e. The number of hydrogen-bond acceptors (Lipinski definition) is 2. The predicted octanol–water partition coefficient (Wildman–Crippen LogP) is 2.06. The summed E-state index contributed by atoms with van der Waals surface area (Å²) < 4.78 is 2.01. The average Bonchev–Trinajstić information content (AvgIpc) is 2.93. The van der Waals surface area contributed by atoms with E-state index in [0.29, 0.717) is 11.6 Å². The maximum atomic E-state index is 10.5. The fraction of sp³-hybridized carbons (Fsp3) is 0.636. The van der Waals surface area contributed by atoms with Gasteiger partial charge in [0.1, 0.15) is 0 Å². The first-order valence-electron chi connectivity index (χ1n) is 5.36. The normalized spacial score (nSPS) is 35.0. The zero-order valence-corrected chi connectivity index (χ0v) is 8.10. The van der Waals surface area contributed by atoms with Crippen molar-refractivity contribution in [2.45, 2.75) is 31.7 Å². The van der Waals surface area contributed by atoms with E-state index in [1.165, 1.54) is 25.7 Å². The molecule has 0 aromatic carbocycles. The number of hydrogen-bond donors (Lipinski definition) is 0. The third-order valence-electron chi connectivity index (χ3n) is 3.80. The quantitative estimate of drug-likeness (QED) is 0.669. The summed E-state index contributed by atoms with van der Waals surface area (Å²) in [5.41, 5.74) is 0.702. The summed E-state index contributed by atoms with van der Waals surface area (Å²) in [5, 5.41) is 4.27. The van der Waals surface area contributed by atoms with E-state index in [9.17, 15) is 4.79 Å². The van der Waals surface area contributed by atoms with Gasteiger partial charge in [0, 0.05) is 6.20 Å². The van der Waals surface area contributed by atoms with E-state index in [1.54, 1.807) is 6.20 Å². The van der Waals surface area contributed by atoms with E-state index in [1.807, 2.05) is 10.9 Å². The van der Waals surface area contributed by atoms with Gasteiger partial charge in [-0.1, -0.05) is 6.42 Å². The van der Waals surface area contributed by atoms with Crippen LogP contribution in [0, 0.1) is 11.8 Å². The molecule has 14 heavy (non-hydrogen) atoms. The molecule has 2 aliphatic carbocycles. The molecule has 2 saturated carbocycles. The molecule has 1 aromatic rings. The highest BCUT2D eigenvalue weighted by Crippen LogP contribution is 2.50. The summed E-state index contributed by atoms with van der Waals surface area (Å²) in [6, 6.07) is 0.572. The van der Waals surface area contributed by atoms with Crippen LogP contribution in [0.2, 0.25) is 0 Å². The molecule has 3 nitrogen and oxygen atoms in total. The Balaban J connectivity index is 1.85. The minimum atomic E-state index is 0.572. The summed E-state index contributed by atoms with van der Waals surface area (Å²) in [6.07, 6.45) is 9.83. The van der Waals surface area contributed by atoms with E-state index in [4.69, 9.17) is 0 Å². The van der Waals surface area contributed by atoms with Gasteiger partial charge >= 0.3 is 0 Å². The van der Waals surface area contributed by atoms with Crippen LogP contribution < -0.4 is 0 Å². The first kappa shape index (κ1) is 8.21. The summed E-state index contributed by atoms with van der Waals surface area (Å²) in [4.78, 5) is 10.5. The van der Waals surface area contributed by atoms with Crippen LogP contribution in [0.5, 0.6) is 0 Å². The van der Waals surface area contributed by atoms with Gasteiger partial charge in [-0.2, -0.15) is 5.10 Å². The number of carbonyl (C=O) groups excluding carboxylic acids is 1. The van der Waals surface area contributed by atoms with Crippen LogP contribution in [0.25, 0.3) is 0 Å². The third-order valence-corrected chi connectivity index (χ3v) is 3.80. The topological polar surface area (TPSA) is 34.9 Å². The lowest BCUT2D eigenvalue weighted by Gasteiger charge is -2.21. The molecule has 0 N–H and O–H groups in total. The Labute approximate surface area is 83.1 Å². The molecule has 0 spiro atoms. The second kappa shape index (κ2) is 2.94. The molecule has 74 valence electrons. The van der Waals surface area contributed by atoms with Gasteiger partial charge in [-0.25, -0.2) is 0 Å². The van der Waals surface area contributed by atoms with E-state index in [0.717, 1.165) is 18.1 Å². The lowest BCUT2D eigenvalue weighted by Crippen LogP contribution is -2.16. The Morgan fingerprint density at radius 1 is 1.43 bits per heavy atom. The summed E-state index contributed by atoms with van der Waals surface area (Å²) in [7, 11) is 0. The molecular formula is C11H14N2O. The molecular weight excluding hydrogens is 176 g/mol. The summed E-state index contributed by atoms with van der Waals surface area (Å²) in [6.45, 7) is 0. The Morgan fingerprint density at radius 3 is 2.93 bits per heavy atom. The second-order valence-corrected chi connectivity index (χ2v) is 4.61. The van der Waals surface area contributed by atoms with Crippen molar-refractivity contribution in [2.75, 3.05) is 0 Å². The zero-order chi connectivity index (χ0) is 9.54.